The van der Waals surface area contributed by atoms with E-state index in [1.807, 2.05) is 0 Å². The minimum atomic E-state index is 0.497. The first-order valence-corrected chi connectivity index (χ1v) is 4.46. The van der Waals surface area contributed by atoms with Crippen LogP contribution in [0.1, 0.15) is 38.5 Å². The fourth-order valence-electron chi connectivity index (χ4n) is 1.80. The largest absolute Gasteiger partial charge is 0.330 e. The number of rotatable bonds is 4. The van der Waals surface area contributed by atoms with Crippen LogP contribution in [0.25, 0.3) is 0 Å². The van der Waals surface area contributed by atoms with Crippen molar-refractivity contribution in [1.29, 1.82) is 0 Å². The molecule has 0 heterocycles. The number of unbranched alkanes of at least 4 members (excludes halogenated alkanes) is 1. The molecule has 1 nitrogen and oxygen atoms in total. The number of hydrogen-bond acceptors (Lipinski definition) is 1. The molecular formula is C10H17N. The van der Waals surface area contributed by atoms with Gasteiger partial charge in [0.25, 0.3) is 0 Å². The Labute approximate surface area is 69.4 Å². The Morgan fingerprint density at radius 1 is 1.45 bits per heavy atom. The highest BCUT2D eigenvalue weighted by Gasteiger charge is 2.34. The molecule has 11 heavy (non-hydrogen) atoms. The quantitative estimate of drug-likeness (QED) is 0.482. The van der Waals surface area contributed by atoms with Gasteiger partial charge in [-0.25, -0.2) is 0 Å². The molecule has 0 aromatic carbocycles. The van der Waals surface area contributed by atoms with Crippen molar-refractivity contribution < 1.29 is 0 Å². The van der Waals surface area contributed by atoms with Gasteiger partial charge in [0.2, 0.25) is 0 Å². The highest BCUT2D eigenvalue weighted by molar-refractivity contribution is 4.90. The van der Waals surface area contributed by atoms with E-state index in [1.165, 1.54) is 25.7 Å². The molecule has 1 aliphatic rings. The molecule has 2 N–H and O–H groups in total. The smallest absolute Gasteiger partial charge is 0.00862 e. The summed E-state index contributed by atoms with van der Waals surface area (Å²) >= 11 is 0. The van der Waals surface area contributed by atoms with Gasteiger partial charge in [-0.2, -0.15) is 0 Å². The van der Waals surface area contributed by atoms with Gasteiger partial charge in [0.1, 0.15) is 0 Å². The van der Waals surface area contributed by atoms with Crippen LogP contribution >= 0.6 is 0 Å². The molecule has 0 spiro atoms. The third-order valence-electron chi connectivity index (χ3n) is 2.88. The molecule has 0 aromatic rings. The molecule has 0 saturated heterocycles. The van der Waals surface area contributed by atoms with Crippen molar-refractivity contribution in [3.8, 4) is 12.3 Å². The summed E-state index contributed by atoms with van der Waals surface area (Å²) in [5.74, 6) is 2.67. The van der Waals surface area contributed by atoms with E-state index in [0.717, 1.165) is 19.4 Å². The van der Waals surface area contributed by atoms with Crippen molar-refractivity contribution in [2.24, 2.45) is 11.1 Å². The van der Waals surface area contributed by atoms with E-state index in [2.05, 4.69) is 5.92 Å². The lowest BCUT2D eigenvalue weighted by Gasteiger charge is -2.41. The van der Waals surface area contributed by atoms with Gasteiger partial charge in [-0.05, 0) is 37.6 Å². The summed E-state index contributed by atoms with van der Waals surface area (Å²) in [6, 6.07) is 0. The van der Waals surface area contributed by atoms with Gasteiger partial charge in [-0.15, -0.1) is 12.3 Å². The van der Waals surface area contributed by atoms with E-state index in [4.69, 9.17) is 12.2 Å². The zero-order valence-corrected chi connectivity index (χ0v) is 7.10. The summed E-state index contributed by atoms with van der Waals surface area (Å²) < 4.78 is 0. The van der Waals surface area contributed by atoms with Crippen LogP contribution in [0.4, 0.5) is 0 Å². The maximum absolute atomic E-state index is 5.70. The molecule has 1 heteroatoms. The lowest BCUT2D eigenvalue weighted by Crippen LogP contribution is -2.37. The molecule has 0 radical (unpaired) electrons. The van der Waals surface area contributed by atoms with E-state index in [9.17, 15) is 0 Å². The van der Waals surface area contributed by atoms with Crippen LogP contribution in [-0.4, -0.2) is 6.54 Å². The first-order chi connectivity index (χ1) is 5.33. The lowest BCUT2D eigenvalue weighted by atomic mass is 9.66. The second kappa shape index (κ2) is 3.78. The maximum atomic E-state index is 5.70. The Bertz CT molecular complexity index is 145. The Morgan fingerprint density at radius 2 is 2.18 bits per heavy atom. The van der Waals surface area contributed by atoms with Crippen LogP contribution in [0, 0.1) is 17.8 Å². The monoisotopic (exact) mass is 151 g/mol. The molecule has 1 aliphatic carbocycles. The Morgan fingerprint density at radius 3 is 2.55 bits per heavy atom. The summed E-state index contributed by atoms with van der Waals surface area (Å²) in [6.45, 7) is 0.859. The molecule has 62 valence electrons. The molecule has 0 bridgehead atoms. The summed E-state index contributed by atoms with van der Waals surface area (Å²) in [7, 11) is 0. The summed E-state index contributed by atoms with van der Waals surface area (Å²) in [5, 5.41) is 0. The number of hydrogen-bond donors (Lipinski definition) is 1. The molecule has 0 amide bonds. The van der Waals surface area contributed by atoms with Crippen LogP contribution in [0.5, 0.6) is 0 Å². The second-order valence-corrected chi connectivity index (χ2v) is 3.62. The minimum Gasteiger partial charge on any atom is -0.330 e. The Kier molecular flexibility index (Phi) is 2.96. The predicted molar refractivity (Wildman–Crippen MR) is 48.0 cm³/mol. The molecule has 1 fully saturated rings. The van der Waals surface area contributed by atoms with Crippen LogP contribution in [0.15, 0.2) is 0 Å². The first-order valence-electron chi connectivity index (χ1n) is 4.46. The number of terminal acetylenes is 1. The van der Waals surface area contributed by atoms with Gasteiger partial charge in [0, 0.05) is 6.42 Å². The van der Waals surface area contributed by atoms with Gasteiger partial charge >= 0.3 is 0 Å². The SMILES string of the molecule is C#CCCCC1(CN)CCC1. The van der Waals surface area contributed by atoms with Gasteiger partial charge in [0.05, 0.1) is 0 Å². The average molecular weight is 151 g/mol. The lowest BCUT2D eigenvalue weighted by molar-refractivity contribution is 0.128. The van der Waals surface area contributed by atoms with Crippen molar-refractivity contribution in [1.82, 2.24) is 0 Å². The van der Waals surface area contributed by atoms with Gasteiger partial charge < -0.3 is 5.73 Å². The van der Waals surface area contributed by atoms with E-state index in [0.29, 0.717) is 5.41 Å². The Hall–Kier alpha value is -0.480. The van der Waals surface area contributed by atoms with Crippen molar-refractivity contribution in [3.63, 3.8) is 0 Å². The van der Waals surface area contributed by atoms with Crippen LogP contribution in [0.2, 0.25) is 0 Å². The van der Waals surface area contributed by atoms with Crippen molar-refractivity contribution in [3.05, 3.63) is 0 Å². The molecule has 1 rings (SSSR count). The fraction of sp³-hybridized carbons (Fsp3) is 0.800. The first kappa shape index (κ1) is 8.62. The summed E-state index contributed by atoms with van der Waals surface area (Å²) in [4.78, 5) is 0. The standard InChI is InChI=1S/C10H17N/c1-2-3-4-6-10(9-11)7-5-8-10/h1H,3-9,11H2. The van der Waals surface area contributed by atoms with E-state index >= 15 is 0 Å². The topological polar surface area (TPSA) is 26.0 Å². The second-order valence-electron chi connectivity index (χ2n) is 3.62. The highest BCUT2D eigenvalue weighted by Crippen LogP contribution is 2.43. The molecule has 0 aliphatic heterocycles. The van der Waals surface area contributed by atoms with Gasteiger partial charge in [-0.3, -0.25) is 0 Å². The van der Waals surface area contributed by atoms with Gasteiger partial charge in [-0.1, -0.05) is 6.42 Å². The summed E-state index contributed by atoms with van der Waals surface area (Å²) in [5.41, 5.74) is 6.20. The van der Waals surface area contributed by atoms with Crippen molar-refractivity contribution in [2.45, 2.75) is 38.5 Å². The molecule has 0 aromatic heterocycles. The van der Waals surface area contributed by atoms with E-state index < -0.39 is 0 Å². The molecular weight excluding hydrogens is 134 g/mol. The summed E-state index contributed by atoms with van der Waals surface area (Å²) in [6.07, 6.45) is 12.5. The van der Waals surface area contributed by atoms with E-state index in [-0.39, 0.29) is 0 Å². The number of nitrogens with two attached hydrogens (primary N) is 1. The highest BCUT2D eigenvalue weighted by atomic mass is 14.6. The third kappa shape index (κ3) is 1.97. The zero-order chi connectivity index (χ0) is 8.16. The van der Waals surface area contributed by atoms with Crippen LogP contribution in [0.3, 0.4) is 0 Å². The Balaban J connectivity index is 2.17. The maximum Gasteiger partial charge on any atom is 0.00862 e. The van der Waals surface area contributed by atoms with Crippen LogP contribution in [-0.2, 0) is 0 Å². The zero-order valence-electron chi connectivity index (χ0n) is 7.10. The van der Waals surface area contributed by atoms with Crippen molar-refractivity contribution >= 4 is 0 Å². The molecule has 1 saturated carbocycles. The van der Waals surface area contributed by atoms with Gasteiger partial charge in [0.15, 0.2) is 0 Å². The fourth-order valence-corrected chi connectivity index (χ4v) is 1.80. The normalized spacial score (nSPS) is 20.4. The predicted octanol–water partition coefficient (Wildman–Crippen LogP) is 1.92. The average Bonchev–Trinajstić information content (AvgIpc) is 1.95. The van der Waals surface area contributed by atoms with Crippen LogP contribution < -0.4 is 5.73 Å². The minimum absolute atomic E-state index is 0.497. The molecule has 0 unspecified atom stereocenters. The van der Waals surface area contributed by atoms with E-state index in [1.54, 1.807) is 0 Å². The molecule has 0 atom stereocenters. The third-order valence-corrected chi connectivity index (χ3v) is 2.88. The van der Waals surface area contributed by atoms with Crippen molar-refractivity contribution in [2.75, 3.05) is 6.54 Å².